The summed E-state index contributed by atoms with van der Waals surface area (Å²) in [5.41, 5.74) is 5.66. The van der Waals surface area contributed by atoms with Crippen molar-refractivity contribution in [3.8, 4) is 0 Å². The van der Waals surface area contributed by atoms with Gasteiger partial charge in [-0.15, -0.1) is 0 Å². The number of carbonyl (C=O) groups excluding carboxylic acids is 2. The first kappa shape index (κ1) is 9.19. The number of Topliss-reactive ketones (excluding diaryl/α,β-unsaturated/α-hetero) is 1. The number of hydrogen-bond acceptors (Lipinski definition) is 3. The minimum Gasteiger partial charge on any atom is -0.355 e. The van der Waals surface area contributed by atoms with Crippen LogP contribution in [0.5, 0.6) is 0 Å². The van der Waals surface area contributed by atoms with Crippen LogP contribution >= 0.6 is 0 Å². The number of rotatable bonds is 2. The van der Waals surface area contributed by atoms with Crippen LogP contribution in [0.4, 0.5) is 0 Å². The number of piperidine rings is 1. The summed E-state index contributed by atoms with van der Waals surface area (Å²) in [6.07, 6.45) is 1.08. The lowest BCUT2D eigenvalue weighted by molar-refractivity contribution is -0.136. The molecule has 0 saturated carbocycles. The maximum Gasteiger partial charge on any atom is 0.232 e. The zero-order valence-corrected chi connectivity index (χ0v) is 7.17. The van der Waals surface area contributed by atoms with Gasteiger partial charge < -0.3 is 11.1 Å². The lowest BCUT2D eigenvalue weighted by Gasteiger charge is -2.26. The average molecular weight is 170 g/mol. The molecule has 1 amide bonds. The summed E-state index contributed by atoms with van der Waals surface area (Å²) < 4.78 is 0. The number of nitrogens with two attached hydrogens (primary N) is 1. The zero-order valence-electron chi connectivity index (χ0n) is 7.17. The van der Waals surface area contributed by atoms with Crippen molar-refractivity contribution >= 4 is 11.7 Å². The highest BCUT2D eigenvalue weighted by atomic mass is 16.2. The molecule has 1 rings (SSSR count). The number of hydrogen-bond donors (Lipinski definition) is 2. The van der Waals surface area contributed by atoms with Crippen LogP contribution in [-0.2, 0) is 9.59 Å². The Labute approximate surface area is 71.5 Å². The highest BCUT2D eigenvalue weighted by Gasteiger charge is 2.33. The smallest absolute Gasteiger partial charge is 0.232 e. The molecule has 0 aliphatic carbocycles. The third-order valence-electron chi connectivity index (χ3n) is 2.18. The summed E-state index contributed by atoms with van der Waals surface area (Å²) in [6.45, 7) is 2.34. The largest absolute Gasteiger partial charge is 0.355 e. The van der Waals surface area contributed by atoms with Crippen molar-refractivity contribution < 1.29 is 9.59 Å². The van der Waals surface area contributed by atoms with Crippen molar-refractivity contribution in [1.82, 2.24) is 5.32 Å². The van der Waals surface area contributed by atoms with Gasteiger partial charge in [0.2, 0.25) is 5.91 Å². The molecule has 1 saturated heterocycles. The topological polar surface area (TPSA) is 72.2 Å². The molecule has 0 aromatic rings. The Kier molecular flexibility index (Phi) is 2.81. The highest BCUT2D eigenvalue weighted by molar-refractivity contribution is 6.02. The first-order valence-corrected chi connectivity index (χ1v) is 4.22. The monoisotopic (exact) mass is 170 g/mol. The van der Waals surface area contributed by atoms with Crippen LogP contribution in [0, 0.1) is 5.92 Å². The Bertz CT molecular complexity index is 195. The van der Waals surface area contributed by atoms with Gasteiger partial charge in [0.1, 0.15) is 11.7 Å². The first-order chi connectivity index (χ1) is 5.66. The van der Waals surface area contributed by atoms with Crippen LogP contribution in [-0.4, -0.2) is 24.3 Å². The van der Waals surface area contributed by atoms with Gasteiger partial charge in [0.25, 0.3) is 0 Å². The van der Waals surface area contributed by atoms with Crippen LogP contribution in [0.2, 0.25) is 0 Å². The van der Waals surface area contributed by atoms with Crippen LogP contribution in [0.25, 0.3) is 0 Å². The molecular formula is C8H14N2O2. The second-order valence-corrected chi connectivity index (χ2v) is 3.04. The second kappa shape index (κ2) is 3.67. The SMILES string of the molecule is CCC(=O)C1C(=O)NCCC1N. The molecule has 0 aromatic heterocycles. The van der Waals surface area contributed by atoms with E-state index in [1.165, 1.54) is 0 Å². The maximum atomic E-state index is 11.2. The summed E-state index contributed by atoms with van der Waals surface area (Å²) in [7, 11) is 0. The molecule has 2 atom stereocenters. The van der Waals surface area contributed by atoms with Gasteiger partial charge in [-0.2, -0.15) is 0 Å². The van der Waals surface area contributed by atoms with Gasteiger partial charge in [-0.1, -0.05) is 6.92 Å². The minimum atomic E-state index is -0.608. The van der Waals surface area contributed by atoms with Gasteiger partial charge in [0.15, 0.2) is 0 Å². The van der Waals surface area contributed by atoms with E-state index in [-0.39, 0.29) is 17.7 Å². The van der Waals surface area contributed by atoms with E-state index in [9.17, 15) is 9.59 Å². The van der Waals surface area contributed by atoms with E-state index < -0.39 is 5.92 Å². The summed E-state index contributed by atoms with van der Waals surface area (Å²) in [4.78, 5) is 22.4. The van der Waals surface area contributed by atoms with Gasteiger partial charge in [-0.25, -0.2) is 0 Å². The molecule has 4 nitrogen and oxygen atoms in total. The van der Waals surface area contributed by atoms with Crippen molar-refractivity contribution in [3.05, 3.63) is 0 Å². The third-order valence-corrected chi connectivity index (χ3v) is 2.18. The Morgan fingerprint density at radius 2 is 2.42 bits per heavy atom. The summed E-state index contributed by atoms with van der Waals surface area (Å²) in [5.74, 6) is -0.871. The molecule has 1 aliphatic heterocycles. The molecular weight excluding hydrogens is 156 g/mol. The van der Waals surface area contributed by atoms with E-state index >= 15 is 0 Å². The normalized spacial score (nSPS) is 29.7. The Balaban J connectivity index is 2.69. The molecule has 0 bridgehead atoms. The minimum absolute atomic E-state index is 0.0558. The molecule has 0 aromatic carbocycles. The van der Waals surface area contributed by atoms with Crippen molar-refractivity contribution in [1.29, 1.82) is 0 Å². The zero-order chi connectivity index (χ0) is 9.14. The van der Waals surface area contributed by atoms with Crippen molar-refractivity contribution in [3.63, 3.8) is 0 Å². The quantitative estimate of drug-likeness (QED) is 0.545. The molecule has 1 heterocycles. The second-order valence-electron chi connectivity index (χ2n) is 3.04. The number of carbonyl (C=O) groups is 2. The van der Waals surface area contributed by atoms with E-state index in [0.717, 1.165) is 0 Å². The summed E-state index contributed by atoms with van der Waals surface area (Å²) in [5, 5.41) is 2.64. The lowest BCUT2D eigenvalue weighted by atomic mass is 9.88. The van der Waals surface area contributed by atoms with Gasteiger partial charge in [0, 0.05) is 19.0 Å². The molecule has 0 radical (unpaired) electrons. The standard InChI is InChI=1S/C8H14N2O2/c1-2-6(11)7-5(9)3-4-10-8(7)12/h5,7H,2-4,9H2,1H3,(H,10,12). The molecule has 2 unspecified atom stereocenters. The summed E-state index contributed by atoms with van der Waals surface area (Å²) in [6, 6.07) is -0.286. The van der Waals surface area contributed by atoms with Crippen molar-refractivity contribution in [2.24, 2.45) is 11.7 Å². The van der Waals surface area contributed by atoms with E-state index in [2.05, 4.69) is 5.32 Å². The molecule has 3 N–H and O–H groups in total. The molecule has 4 heteroatoms. The fourth-order valence-electron chi connectivity index (χ4n) is 1.44. The highest BCUT2D eigenvalue weighted by Crippen LogP contribution is 2.12. The van der Waals surface area contributed by atoms with E-state index in [0.29, 0.717) is 19.4 Å². The van der Waals surface area contributed by atoms with Gasteiger partial charge in [0.05, 0.1) is 0 Å². The van der Waals surface area contributed by atoms with Crippen molar-refractivity contribution in [2.45, 2.75) is 25.8 Å². The molecule has 12 heavy (non-hydrogen) atoms. The fourth-order valence-corrected chi connectivity index (χ4v) is 1.44. The predicted molar refractivity (Wildman–Crippen MR) is 44.4 cm³/mol. The molecule has 1 fully saturated rings. The lowest BCUT2D eigenvalue weighted by Crippen LogP contribution is -2.52. The number of ketones is 1. The Morgan fingerprint density at radius 3 is 2.92 bits per heavy atom. The van der Waals surface area contributed by atoms with Crippen LogP contribution in [0.3, 0.4) is 0 Å². The Hall–Kier alpha value is -0.900. The third kappa shape index (κ3) is 1.64. The predicted octanol–water partition coefficient (Wildman–Crippen LogP) is -0.571. The molecule has 0 spiro atoms. The average Bonchev–Trinajstić information content (AvgIpc) is 2.03. The summed E-state index contributed by atoms with van der Waals surface area (Å²) >= 11 is 0. The van der Waals surface area contributed by atoms with Gasteiger partial charge >= 0.3 is 0 Å². The van der Waals surface area contributed by atoms with Gasteiger partial charge in [-0.3, -0.25) is 9.59 Å². The molecule has 68 valence electrons. The molecule has 1 aliphatic rings. The van der Waals surface area contributed by atoms with E-state index in [4.69, 9.17) is 5.73 Å². The fraction of sp³-hybridized carbons (Fsp3) is 0.750. The maximum absolute atomic E-state index is 11.2. The first-order valence-electron chi connectivity index (χ1n) is 4.22. The van der Waals surface area contributed by atoms with Crippen molar-refractivity contribution in [2.75, 3.05) is 6.54 Å². The van der Waals surface area contributed by atoms with Gasteiger partial charge in [-0.05, 0) is 6.42 Å². The van der Waals surface area contributed by atoms with Crippen LogP contribution in [0.15, 0.2) is 0 Å². The van der Waals surface area contributed by atoms with Crippen LogP contribution < -0.4 is 11.1 Å². The number of nitrogens with one attached hydrogen (secondary N) is 1. The number of amides is 1. The van der Waals surface area contributed by atoms with E-state index in [1.807, 2.05) is 0 Å². The Morgan fingerprint density at radius 1 is 1.75 bits per heavy atom. The van der Waals surface area contributed by atoms with E-state index in [1.54, 1.807) is 6.92 Å². The van der Waals surface area contributed by atoms with Crippen LogP contribution in [0.1, 0.15) is 19.8 Å².